The minimum absolute atomic E-state index is 0.326. The molecule has 2 N–H and O–H groups in total. The Morgan fingerprint density at radius 1 is 1.07 bits per heavy atom. The Kier molecular flexibility index (Phi) is 4.43. The van der Waals surface area contributed by atoms with Crippen LogP contribution in [0.4, 0.5) is 0 Å². The van der Waals surface area contributed by atoms with Gasteiger partial charge in [0.1, 0.15) is 0 Å². The van der Waals surface area contributed by atoms with Crippen LogP contribution in [0.25, 0.3) is 11.5 Å². The fourth-order valence-corrected chi connectivity index (χ4v) is 4.51. The van der Waals surface area contributed by atoms with Gasteiger partial charge in [0.05, 0.1) is 0 Å². The molecule has 6 nitrogen and oxygen atoms in total. The summed E-state index contributed by atoms with van der Waals surface area (Å²) < 4.78 is 6.00. The predicted molar refractivity (Wildman–Crippen MR) is 109 cm³/mol. The summed E-state index contributed by atoms with van der Waals surface area (Å²) in [7, 11) is 0. The summed E-state index contributed by atoms with van der Waals surface area (Å²) in [4.78, 5) is 13.7. The second kappa shape index (κ2) is 7.12. The van der Waals surface area contributed by atoms with Crippen molar-refractivity contribution in [1.82, 2.24) is 15.1 Å². The standard InChI is InChI=1S/C23H24N4O2/c24-20(28)17-8-6-16(7-9-17)15-27-12-10-23(11-13-27)14-19(23)22-26-25-21(29-22)18-4-2-1-3-5-18/h1-9,19H,10-15H2,(H2,24,28). The van der Waals surface area contributed by atoms with Crippen LogP contribution in [-0.4, -0.2) is 34.1 Å². The first-order valence-electron chi connectivity index (χ1n) is 10.1. The minimum Gasteiger partial charge on any atom is -0.420 e. The summed E-state index contributed by atoms with van der Waals surface area (Å²) in [5.74, 6) is 1.41. The number of carbonyl (C=O) groups excluding carboxylic acids is 1. The number of likely N-dealkylation sites (tertiary alicyclic amines) is 1. The molecule has 1 aliphatic carbocycles. The van der Waals surface area contributed by atoms with Crippen LogP contribution in [0.1, 0.15) is 47.0 Å². The van der Waals surface area contributed by atoms with E-state index in [1.54, 1.807) is 12.1 Å². The van der Waals surface area contributed by atoms with Gasteiger partial charge in [0, 0.05) is 23.6 Å². The van der Waals surface area contributed by atoms with E-state index in [-0.39, 0.29) is 5.91 Å². The van der Waals surface area contributed by atoms with E-state index >= 15 is 0 Å². The van der Waals surface area contributed by atoms with Crippen LogP contribution in [0.2, 0.25) is 0 Å². The van der Waals surface area contributed by atoms with Crippen molar-refractivity contribution in [2.45, 2.75) is 31.7 Å². The largest absolute Gasteiger partial charge is 0.420 e. The fraction of sp³-hybridized carbons (Fsp3) is 0.348. The molecule has 2 fully saturated rings. The van der Waals surface area contributed by atoms with E-state index in [9.17, 15) is 4.79 Å². The maximum Gasteiger partial charge on any atom is 0.248 e. The highest BCUT2D eigenvalue weighted by atomic mass is 16.4. The van der Waals surface area contributed by atoms with Crippen molar-refractivity contribution < 1.29 is 9.21 Å². The number of carbonyl (C=O) groups is 1. The van der Waals surface area contributed by atoms with Crippen LogP contribution in [0, 0.1) is 5.41 Å². The average molecular weight is 388 g/mol. The van der Waals surface area contributed by atoms with Gasteiger partial charge in [0.15, 0.2) is 0 Å². The Morgan fingerprint density at radius 2 is 1.79 bits per heavy atom. The van der Waals surface area contributed by atoms with Gasteiger partial charge >= 0.3 is 0 Å². The lowest BCUT2D eigenvalue weighted by Gasteiger charge is -2.32. The van der Waals surface area contributed by atoms with Crippen LogP contribution >= 0.6 is 0 Å². The van der Waals surface area contributed by atoms with Crippen molar-refractivity contribution >= 4 is 5.91 Å². The van der Waals surface area contributed by atoms with Gasteiger partial charge < -0.3 is 10.2 Å². The van der Waals surface area contributed by atoms with Crippen LogP contribution in [0.5, 0.6) is 0 Å². The summed E-state index contributed by atoms with van der Waals surface area (Å²) in [6.07, 6.45) is 3.45. The van der Waals surface area contributed by atoms with Crippen LogP contribution in [0.15, 0.2) is 59.0 Å². The number of nitrogens with zero attached hydrogens (tertiary/aromatic N) is 3. The van der Waals surface area contributed by atoms with E-state index in [1.165, 1.54) is 5.56 Å². The monoisotopic (exact) mass is 388 g/mol. The molecule has 6 heteroatoms. The van der Waals surface area contributed by atoms with E-state index in [0.717, 1.165) is 50.4 Å². The third kappa shape index (κ3) is 3.56. The lowest BCUT2D eigenvalue weighted by molar-refractivity contribution is 0.1000. The summed E-state index contributed by atoms with van der Waals surface area (Å²) in [6, 6.07) is 17.5. The quantitative estimate of drug-likeness (QED) is 0.722. The molecular weight excluding hydrogens is 364 g/mol. The number of primary amides is 1. The molecular formula is C23H24N4O2. The topological polar surface area (TPSA) is 85.3 Å². The summed E-state index contributed by atoms with van der Waals surface area (Å²) in [5.41, 5.74) is 8.38. The number of benzene rings is 2. The minimum atomic E-state index is -0.382. The SMILES string of the molecule is NC(=O)c1ccc(CN2CCC3(CC2)CC3c2nnc(-c3ccccc3)o2)cc1. The number of hydrogen-bond donors (Lipinski definition) is 1. The molecule has 1 atom stereocenters. The maximum atomic E-state index is 11.2. The van der Waals surface area contributed by atoms with Gasteiger partial charge in [0.2, 0.25) is 17.7 Å². The molecule has 1 saturated heterocycles. The lowest BCUT2D eigenvalue weighted by atomic mass is 9.90. The molecule has 1 aliphatic heterocycles. The Balaban J connectivity index is 1.18. The second-order valence-electron chi connectivity index (χ2n) is 8.27. The van der Waals surface area contributed by atoms with Gasteiger partial charge in [-0.2, -0.15) is 0 Å². The maximum absolute atomic E-state index is 11.2. The summed E-state index contributed by atoms with van der Waals surface area (Å²) in [6.45, 7) is 3.03. The molecule has 0 radical (unpaired) electrons. The molecule has 2 aromatic carbocycles. The van der Waals surface area contributed by atoms with Crippen LogP contribution in [0.3, 0.4) is 0 Å². The zero-order chi connectivity index (χ0) is 19.8. The van der Waals surface area contributed by atoms with Gasteiger partial charge in [0.25, 0.3) is 0 Å². The third-order valence-corrected chi connectivity index (χ3v) is 6.45. The van der Waals surface area contributed by atoms with E-state index in [4.69, 9.17) is 10.2 Å². The Bertz CT molecular complexity index is 1000. The molecule has 2 heterocycles. The van der Waals surface area contributed by atoms with Crippen molar-refractivity contribution in [3.63, 3.8) is 0 Å². The summed E-state index contributed by atoms with van der Waals surface area (Å²) in [5, 5.41) is 8.60. The Morgan fingerprint density at radius 3 is 2.48 bits per heavy atom. The zero-order valence-corrected chi connectivity index (χ0v) is 16.3. The van der Waals surface area contributed by atoms with Crippen molar-refractivity contribution in [3.05, 3.63) is 71.6 Å². The normalized spacial score (nSPS) is 20.6. The molecule has 1 saturated carbocycles. The number of rotatable bonds is 5. The van der Waals surface area contributed by atoms with Crippen molar-refractivity contribution in [2.24, 2.45) is 11.1 Å². The van der Waals surface area contributed by atoms with E-state index in [0.29, 0.717) is 22.8 Å². The van der Waals surface area contributed by atoms with Crippen molar-refractivity contribution in [1.29, 1.82) is 0 Å². The smallest absolute Gasteiger partial charge is 0.248 e. The Hall–Kier alpha value is -2.99. The fourth-order valence-electron chi connectivity index (χ4n) is 4.51. The molecule has 0 bridgehead atoms. The van der Waals surface area contributed by atoms with Gasteiger partial charge in [-0.05, 0) is 67.6 Å². The predicted octanol–water partition coefficient (Wildman–Crippen LogP) is 3.61. The molecule has 1 spiro atoms. The number of amides is 1. The lowest BCUT2D eigenvalue weighted by Crippen LogP contribution is -2.34. The molecule has 1 aromatic heterocycles. The van der Waals surface area contributed by atoms with Crippen LogP contribution < -0.4 is 5.73 Å². The van der Waals surface area contributed by atoms with Gasteiger partial charge in [-0.1, -0.05) is 30.3 Å². The highest BCUT2D eigenvalue weighted by Crippen LogP contribution is 2.64. The zero-order valence-electron chi connectivity index (χ0n) is 16.3. The number of hydrogen-bond acceptors (Lipinski definition) is 5. The molecule has 5 rings (SSSR count). The first kappa shape index (κ1) is 18.1. The van der Waals surface area contributed by atoms with Gasteiger partial charge in [-0.3, -0.25) is 9.69 Å². The van der Waals surface area contributed by atoms with E-state index in [2.05, 4.69) is 15.1 Å². The van der Waals surface area contributed by atoms with E-state index in [1.807, 2.05) is 42.5 Å². The Labute approximate surface area is 169 Å². The van der Waals surface area contributed by atoms with E-state index < -0.39 is 0 Å². The molecule has 3 aromatic rings. The van der Waals surface area contributed by atoms with Crippen LogP contribution in [-0.2, 0) is 6.54 Å². The first-order chi connectivity index (χ1) is 14.1. The van der Waals surface area contributed by atoms with Crippen molar-refractivity contribution in [2.75, 3.05) is 13.1 Å². The number of piperidine rings is 1. The average Bonchev–Trinajstić information content (AvgIpc) is 3.22. The second-order valence-corrected chi connectivity index (χ2v) is 8.27. The van der Waals surface area contributed by atoms with Gasteiger partial charge in [-0.15, -0.1) is 10.2 Å². The molecule has 2 aliphatic rings. The number of aromatic nitrogens is 2. The highest BCUT2D eigenvalue weighted by Gasteiger charge is 2.58. The molecule has 148 valence electrons. The molecule has 29 heavy (non-hydrogen) atoms. The van der Waals surface area contributed by atoms with Crippen molar-refractivity contribution in [3.8, 4) is 11.5 Å². The molecule has 1 unspecified atom stereocenters. The summed E-state index contributed by atoms with van der Waals surface area (Å²) >= 11 is 0. The number of nitrogens with two attached hydrogens (primary N) is 1. The molecule has 1 amide bonds. The first-order valence-corrected chi connectivity index (χ1v) is 10.1. The van der Waals surface area contributed by atoms with Gasteiger partial charge in [-0.25, -0.2) is 0 Å². The third-order valence-electron chi connectivity index (χ3n) is 6.45. The highest BCUT2D eigenvalue weighted by molar-refractivity contribution is 5.92.